The molecular weight excluding hydrogens is 332 g/mol. The van der Waals surface area contributed by atoms with Gasteiger partial charge in [0.05, 0.1) is 23.4 Å². The van der Waals surface area contributed by atoms with Crippen LogP contribution in [0.1, 0.15) is 11.1 Å². The lowest BCUT2D eigenvalue weighted by Gasteiger charge is -2.10. The van der Waals surface area contributed by atoms with Crippen LogP contribution in [0.15, 0.2) is 70.8 Å². The number of aromatic nitrogens is 2. The summed E-state index contributed by atoms with van der Waals surface area (Å²) in [4.78, 5) is 13.9. The van der Waals surface area contributed by atoms with Gasteiger partial charge in [0.15, 0.2) is 0 Å². The maximum absolute atomic E-state index is 12.8. The number of hydrogen-bond donors (Lipinski definition) is 1. The molecule has 0 saturated carbocycles. The molecule has 25 heavy (non-hydrogen) atoms. The van der Waals surface area contributed by atoms with Gasteiger partial charge >= 0.3 is 0 Å². The molecule has 124 valence electrons. The molecule has 1 N–H and O–H groups in total. The van der Waals surface area contributed by atoms with Crippen molar-refractivity contribution in [2.45, 2.75) is 13.2 Å². The van der Waals surface area contributed by atoms with E-state index in [1.807, 2.05) is 66.0 Å². The highest BCUT2D eigenvalue weighted by Gasteiger charge is 2.13. The molecule has 0 saturated heterocycles. The second-order valence-corrected chi connectivity index (χ2v) is 6.76. The van der Waals surface area contributed by atoms with Crippen LogP contribution in [0.25, 0.3) is 21.3 Å². The molecule has 4 aromatic rings. The molecule has 0 atom stereocenters. The Morgan fingerprint density at radius 2 is 1.64 bits per heavy atom. The summed E-state index contributed by atoms with van der Waals surface area (Å²) in [5, 5.41) is 17.4. The highest BCUT2D eigenvalue weighted by molar-refractivity contribution is 7.13. The Morgan fingerprint density at radius 3 is 2.32 bits per heavy atom. The third-order valence-electron chi connectivity index (χ3n) is 4.16. The van der Waals surface area contributed by atoms with E-state index in [2.05, 4.69) is 5.10 Å². The standard InChI is InChI=1S/C20H16N2O2S/c23-13-15-9-7-14(8-10-15)12-22-20(24)17-5-2-1-4-16(17)19(21-22)18-6-3-11-25-18/h1-11,23H,12-13H2. The average molecular weight is 348 g/mol. The molecule has 0 spiro atoms. The maximum atomic E-state index is 12.8. The molecule has 4 rings (SSSR count). The largest absolute Gasteiger partial charge is 0.392 e. The molecule has 0 aliphatic carbocycles. The van der Waals surface area contributed by atoms with Gasteiger partial charge in [0, 0.05) is 5.39 Å². The topological polar surface area (TPSA) is 55.1 Å². The van der Waals surface area contributed by atoms with Crippen LogP contribution in [0.2, 0.25) is 0 Å². The summed E-state index contributed by atoms with van der Waals surface area (Å²) in [6, 6.07) is 19.2. The van der Waals surface area contributed by atoms with Gasteiger partial charge in [0.25, 0.3) is 5.56 Å². The van der Waals surface area contributed by atoms with Crippen LogP contribution >= 0.6 is 11.3 Å². The van der Waals surface area contributed by atoms with E-state index in [1.165, 1.54) is 4.68 Å². The molecule has 2 aromatic heterocycles. The lowest BCUT2D eigenvalue weighted by molar-refractivity contribution is 0.282. The van der Waals surface area contributed by atoms with E-state index < -0.39 is 0 Å². The van der Waals surface area contributed by atoms with Crippen LogP contribution in [0.3, 0.4) is 0 Å². The Bertz CT molecular complexity index is 1070. The monoisotopic (exact) mass is 348 g/mol. The first-order valence-electron chi connectivity index (χ1n) is 7.98. The Morgan fingerprint density at radius 1 is 0.920 bits per heavy atom. The summed E-state index contributed by atoms with van der Waals surface area (Å²) in [7, 11) is 0. The van der Waals surface area contributed by atoms with Crippen LogP contribution in [0.4, 0.5) is 0 Å². The molecule has 0 bridgehead atoms. The minimum Gasteiger partial charge on any atom is -0.392 e. The Balaban J connectivity index is 1.86. The van der Waals surface area contributed by atoms with Crippen LogP contribution < -0.4 is 5.56 Å². The number of hydrogen-bond acceptors (Lipinski definition) is 4. The van der Waals surface area contributed by atoms with E-state index in [4.69, 9.17) is 5.11 Å². The van der Waals surface area contributed by atoms with Crippen molar-refractivity contribution in [3.05, 3.63) is 87.5 Å². The summed E-state index contributed by atoms with van der Waals surface area (Å²) < 4.78 is 1.52. The molecule has 0 aliphatic heterocycles. The van der Waals surface area contributed by atoms with Gasteiger partial charge in [-0.1, -0.05) is 48.5 Å². The number of aliphatic hydroxyl groups excluding tert-OH is 1. The van der Waals surface area contributed by atoms with Gasteiger partial charge in [0.2, 0.25) is 0 Å². The summed E-state index contributed by atoms with van der Waals surface area (Å²) in [5.41, 5.74) is 2.56. The first-order chi connectivity index (χ1) is 12.3. The molecule has 2 heterocycles. The quantitative estimate of drug-likeness (QED) is 0.612. The van der Waals surface area contributed by atoms with Gasteiger partial charge in [-0.15, -0.1) is 11.3 Å². The van der Waals surface area contributed by atoms with Crippen molar-refractivity contribution >= 4 is 22.1 Å². The zero-order valence-electron chi connectivity index (χ0n) is 13.4. The van der Waals surface area contributed by atoms with E-state index in [9.17, 15) is 4.79 Å². The minimum atomic E-state index is -0.0952. The van der Waals surface area contributed by atoms with Crippen molar-refractivity contribution in [3.8, 4) is 10.6 Å². The predicted molar refractivity (Wildman–Crippen MR) is 101 cm³/mol. The van der Waals surface area contributed by atoms with Crippen LogP contribution in [-0.4, -0.2) is 14.9 Å². The van der Waals surface area contributed by atoms with Crippen molar-refractivity contribution in [1.29, 1.82) is 0 Å². The summed E-state index contributed by atoms with van der Waals surface area (Å²) in [5.74, 6) is 0. The molecular formula is C20H16N2O2S. The number of aliphatic hydroxyl groups is 1. The Hall–Kier alpha value is -2.76. The Labute approximate surface area is 148 Å². The van der Waals surface area contributed by atoms with Gasteiger partial charge in [-0.2, -0.15) is 5.10 Å². The van der Waals surface area contributed by atoms with Crippen molar-refractivity contribution in [3.63, 3.8) is 0 Å². The van der Waals surface area contributed by atoms with Gasteiger partial charge in [0.1, 0.15) is 5.69 Å². The minimum absolute atomic E-state index is 0.0109. The second-order valence-electron chi connectivity index (χ2n) is 5.81. The molecule has 0 amide bonds. The molecule has 0 radical (unpaired) electrons. The van der Waals surface area contributed by atoms with Gasteiger partial charge in [-0.3, -0.25) is 4.79 Å². The Kier molecular flexibility index (Phi) is 4.17. The fraction of sp³-hybridized carbons (Fsp3) is 0.100. The van der Waals surface area contributed by atoms with Gasteiger partial charge < -0.3 is 5.11 Å². The third-order valence-corrected chi connectivity index (χ3v) is 5.04. The SMILES string of the molecule is O=c1c2ccccc2c(-c2cccs2)nn1Cc1ccc(CO)cc1. The highest BCUT2D eigenvalue weighted by atomic mass is 32.1. The number of thiophene rings is 1. The third kappa shape index (κ3) is 2.99. The fourth-order valence-corrected chi connectivity index (χ4v) is 3.58. The van der Waals surface area contributed by atoms with Crippen molar-refractivity contribution in [1.82, 2.24) is 9.78 Å². The predicted octanol–water partition coefficient (Wildman–Crippen LogP) is 3.67. The number of nitrogens with zero attached hydrogens (tertiary/aromatic N) is 2. The maximum Gasteiger partial charge on any atom is 0.274 e. The molecule has 5 heteroatoms. The van der Waals surface area contributed by atoms with Crippen LogP contribution in [0.5, 0.6) is 0 Å². The van der Waals surface area contributed by atoms with E-state index in [1.54, 1.807) is 11.3 Å². The first-order valence-corrected chi connectivity index (χ1v) is 8.86. The van der Waals surface area contributed by atoms with E-state index in [-0.39, 0.29) is 12.2 Å². The lowest BCUT2D eigenvalue weighted by atomic mass is 10.1. The van der Waals surface area contributed by atoms with Crippen molar-refractivity contribution < 1.29 is 5.11 Å². The van der Waals surface area contributed by atoms with Gasteiger partial charge in [-0.25, -0.2) is 4.68 Å². The molecule has 0 aliphatic rings. The summed E-state index contributed by atoms with van der Waals surface area (Å²) in [6.45, 7) is 0.407. The zero-order valence-corrected chi connectivity index (χ0v) is 14.2. The van der Waals surface area contributed by atoms with Crippen molar-refractivity contribution in [2.75, 3.05) is 0 Å². The highest BCUT2D eigenvalue weighted by Crippen LogP contribution is 2.28. The normalized spacial score (nSPS) is 11.1. The second kappa shape index (κ2) is 6.63. The zero-order chi connectivity index (χ0) is 17.2. The van der Waals surface area contributed by atoms with E-state index in [0.29, 0.717) is 11.9 Å². The van der Waals surface area contributed by atoms with E-state index >= 15 is 0 Å². The summed E-state index contributed by atoms with van der Waals surface area (Å²) in [6.07, 6.45) is 0. The molecule has 2 aromatic carbocycles. The smallest absolute Gasteiger partial charge is 0.274 e. The fourth-order valence-electron chi connectivity index (χ4n) is 2.86. The van der Waals surface area contributed by atoms with Crippen LogP contribution in [0, 0.1) is 0 Å². The van der Waals surface area contributed by atoms with Crippen LogP contribution in [-0.2, 0) is 13.2 Å². The number of fused-ring (bicyclic) bond motifs is 1. The molecule has 0 unspecified atom stereocenters. The average Bonchev–Trinajstić information content (AvgIpc) is 3.19. The lowest BCUT2D eigenvalue weighted by Crippen LogP contribution is -2.24. The number of rotatable bonds is 4. The van der Waals surface area contributed by atoms with Crippen molar-refractivity contribution in [2.24, 2.45) is 0 Å². The van der Waals surface area contributed by atoms with Gasteiger partial charge in [-0.05, 0) is 28.6 Å². The molecule has 4 nitrogen and oxygen atoms in total. The summed E-state index contributed by atoms with van der Waals surface area (Å²) >= 11 is 1.61. The molecule has 0 fully saturated rings. The number of benzene rings is 2. The first kappa shape index (κ1) is 15.7. The van der Waals surface area contributed by atoms with E-state index in [0.717, 1.165) is 27.1 Å².